The minimum absolute atomic E-state index is 0. The molecule has 29 heavy (non-hydrogen) atoms. The molecule has 4 heteroatoms. The smallest absolute Gasteiger partial charge is 0.277 e. The maximum atomic E-state index is 3.35. The van der Waals surface area contributed by atoms with Gasteiger partial charge in [0.05, 0.1) is 0 Å². The van der Waals surface area contributed by atoms with Crippen molar-refractivity contribution in [2.45, 2.75) is 96.9 Å². The molecule has 2 aromatic heterocycles. The molecule has 0 aromatic carbocycles. The first kappa shape index (κ1) is 28.3. The van der Waals surface area contributed by atoms with Gasteiger partial charge in [0.1, 0.15) is 6.54 Å². The molecule has 0 saturated heterocycles. The summed E-state index contributed by atoms with van der Waals surface area (Å²) in [6, 6.07) is 12.7. The van der Waals surface area contributed by atoms with E-state index in [1.165, 1.54) is 94.9 Å². The standard InChI is InChI=1S/C25H39N2.2BrH/c1-2-3-4-5-6-7-8-9-10-11-12-13-17-22-27-23-18-15-20-25(27)24-19-14-16-21-26-24;;/h14-16,18-21,23H,2-13,17,22H2,1H3;2*1H/q+1;;/p-1. The lowest BCUT2D eigenvalue weighted by Gasteiger charge is -2.03. The second-order valence-electron chi connectivity index (χ2n) is 7.80. The molecule has 0 radical (unpaired) electrons. The van der Waals surface area contributed by atoms with Gasteiger partial charge in [-0.2, -0.15) is 4.57 Å². The summed E-state index contributed by atoms with van der Waals surface area (Å²) in [7, 11) is 0. The first-order valence-corrected chi connectivity index (χ1v) is 11.4. The van der Waals surface area contributed by atoms with Crippen molar-refractivity contribution >= 4 is 0 Å². The average molecular weight is 528 g/mol. The molecular formula is C25H40Br2N2. The molecule has 1 N–H and O–H groups in total. The Morgan fingerprint density at radius 3 is 1.76 bits per heavy atom. The van der Waals surface area contributed by atoms with Crippen LogP contribution in [0, 0.1) is 0 Å². The van der Waals surface area contributed by atoms with Gasteiger partial charge in [-0.1, -0.05) is 77.6 Å². The number of nitrogens with one attached hydrogen (secondary N) is 1. The van der Waals surface area contributed by atoms with Crippen LogP contribution in [0.3, 0.4) is 0 Å². The first-order valence-electron chi connectivity index (χ1n) is 11.4. The Labute approximate surface area is 200 Å². The summed E-state index contributed by atoms with van der Waals surface area (Å²) in [4.78, 5) is 3.35. The highest BCUT2D eigenvalue weighted by Crippen LogP contribution is 2.13. The second kappa shape index (κ2) is 19.2. The van der Waals surface area contributed by atoms with E-state index in [0.717, 1.165) is 6.54 Å². The third-order valence-electron chi connectivity index (χ3n) is 5.43. The number of unbranched alkanes of at least 4 members (excludes halogenated alkanes) is 12. The largest absolute Gasteiger partial charge is 1.00 e. The average Bonchev–Trinajstić information content (AvgIpc) is 2.72. The molecule has 0 saturated carbocycles. The quantitative estimate of drug-likeness (QED) is 0.238. The van der Waals surface area contributed by atoms with Gasteiger partial charge in [-0.05, 0) is 18.6 Å². The molecule has 0 fully saturated rings. The number of hydrogen-bond donors (Lipinski definition) is 0. The Hall–Kier alpha value is -0.740. The fourth-order valence-corrected chi connectivity index (χ4v) is 3.77. The van der Waals surface area contributed by atoms with E-state index in [2.05, 4.69) is 53.0 Å². The third-order valence-corrected chi connectivity index (χ3v) is 5.43. The van der Waals surface area contributed by atoms with Gasteiger partial charge < -0.3 is 34.0 Å². The lowest BCUT2D eigenvalue weighted by Crippen LogP contribution is -3.00. The topological polar surface area (TPSA) is 18.0 Å². The summed E-state index contributed by atoms with van der Waals surface area (Å²) < 4.78 is 2.38. The predicted molar refractivity (Wildman–Crippen MR) is 114 cm³/mol. The third kappa shape index (κ3) is 12.5. The molecule has 0 aliphatic heterocycles. The van der Waals surface area contributed by atoms with Crippen molar-refractivity contribution in [3.05, 3.63) is 48.8 Å². The molecule has 0 unspecified atom stereocenters. The number of nitrogens with zero attached hydrogens (tertiary/aromatic N) is 1. The van der Waals surface area contributed by atoms with Crippen LogP contribution in [0.4, 0.5) is 0 Å². The van der Waals surface area contributed by atoms with E-state index < -0.39 is 0 Å². The monoisotopic (exact) mass is 526 g/mol. The van der Waals surface area contributed by atoms with Gasteiger partial charge in [-0.15, -0.1) is 0 Å². The summed E-state index contributed by atoms with van der Waals surface area (Å²) in [6.45, 7) is 3.40. The van der Waals surface area contributed by atoms with Gasteiger partial charge in [0.25, 0.3) is 11.4 Å². The lowest BCUT2D eigenvalue weighted by molar-refractivity contribution is -0.689. The molecule has 2 heterocycles. The van der Waals surface area contributed by atoms with Crippen LogP contribution in [-0.4, -0.2) is 0 Å². The van der Waals surface area contributed by atoms with Crippen molar-refractivity contribution in [2.24, 2.45) is 0 Å². The zero-order chi connectivity index (χ0) is 19.0. The molecular weight excluding hydrogens is 488 g/mol. The van der Waals surface area contributed by atoms with Crippen LogP contribution in [0.5, 0.6) is 0 Å². The normalized spacial score (nSPS) is 10.2. The van der Waals surface area contributed by atoms with Crippen molar-refractivity contribution in [1.29, 1.82) is 0 Å². The molecule has 0 aliphatic carbocycles. The van der Waals surface area contributed by atoms with Crippen molar-refractivity contribution in [1.82, 2.24) is 0 Å². The summed E-state index contributed by atoms with van der Waals surface area (Å²) in [5.41, 5.74) is 2.46. The van der Waals surface area contributed by atoms with Crippen LogP contribution in [0.25, 0.3) is 11.4 Å². The zero-order valence-corrected chi connectivity index (χ0v) is 21.4. The maximum absolute atomic E-state index is 3.35. The Morgan fingerprint density at radius 2 is 1.21 bits per heavy atom. The van der Waals surface area contributed by atoms with E-state index in [4.69, 9.17) is 0 Å². The highest BCUT2D eigenvalue weighted by Gasteiger charge is 2.16. The summed E-state index contributed by atoms with van der Waals surface area (Å²) in [6.07, 6.45) is 22.5. The fourth-order valence-electron chi connectivity index (χ4n) is 3.77. The maximum Gasteiger partial charge on any atom is 0.277 e. The van der Waals surface area contributed by atoms with E-state index >= 15 is 0 Å². The molecule has 0 amide bonds. The lowest BCUT2D eigenvalue weighted by atomic mass is 10.0. The molecule has 0 spiro atoms. The molecule has 2 nitrogen and oxygen atoms in total. The highest BCUT2D eigenvalue weighted by molar-refractivity contribution is 5.45. The van der Waals surface area contributed by atoms with Crippen molar-refractivity contribution in [2.75, 3.05) is 0 Å². The van der Waals surface area contributed by atoms with Crippen molar-refractivity contribution < 1.29 is 43.5 Å². The van der Waals surface area contributed by atoms with E-state index in [1.807, 2.05) is 12.3 Å². The summed E-state index contributed by atoms with van der Waals surface area (Å²) in [5.74, 6) is 0. The number of rotatable bonds is 15. The molecule has 164 valence electrons. The van der Waals surface area contributed by atoms with Crippen molar-refractivity contribution in [3.8, 4) is 11.4 Å². The van der Waals surface area contributed by atoms with Gasteiger partial charge >= 0.3 is 0 Å². The molecule has 0 atom stereocenters. The Balaban J connectivity index is 0.00000392. The van der Waals surface area contributed by atoms with Crippen LogP contribution in [-0.2, 0) is 6.54 Å². The molecule has 0 aliphatic rings. The number of H-pyrrole nitrogens is 1. The first-order chi connectivity index (χ1) is 13.4. The van der Waals surface area contributed by atoms with Crippen LogP contribution in [0.2, 0.25) is 0 Å². The number of halogens is 2. The van der Waals surface area contributed by atoms with Gasteiger partial charge in [-0.3, -0.25) is 0 Å². The Kier molecular flexibility index (Phi) is 18.7. The minimum atomic E-state index is 0. The number of aryl methyl sites for hydroxylation is 1. The Morgan fingerprint density at radius 1 is 0.655 bits per heavy atom. The molecule has 0 bridgehead atoms. The number of hydrogen-bond acceptors (Lipinski definition) is 0. The number of pyridine rings is 2. The predicted octanol–water partition coefficient (Wildman–Crippen LogP) is 0.554. The minimum Gasteiger partial charge on any atom is -1.00 e. The van der Waals surface area contributed by atoms with E-state index in [-0.39, 0.29) is 34.0 Å². The molecule has 2 rings (SSSR count). The van der Waals surface area contributed by atoms with Gasteiger partial charge in [0.15, 0.2) is 12.4 Å². The molecule has 2 aromatic rings. The zero-order valence-electron chi connectivity index (χ0n) is 18.2. The van der Waals surface area contributed by atoms with E-state index in [1.54, 1.807) is 0 Å². The van der Waals surface area contributed by atoms with Crippen molar-refractivity contribution in [3.63, 3.8) is 0 Å². The summed E-state index contributed by atoms with van der Waals surface area (Å²) >= 11 is 0. The van der Waals surface area contributed by atoms with Crippen LogP contribution >= 0.6 is 0 Å². The fraction of sp³-hybridized carbons (Fsp3) is 0.600. The Bertz CT molecular complexity index is 605. The van der Waals surface area contributed by atoms with Gasteiger partial charge in [0, 0.05) is 30.7 Å². The van der Waals surface area contributed by atoms with Gasteiger partial charge in [0.2, 0.25) is 0 Å². The van der Waals surface area contributed by atoms with Gasteiger partial charge in [-0.25, -0.2) is 4.98 Å². The number of aromatic amines is 1. The highest BCUT2D eigenvalue weighted by atomic mass is 79.9. The second-order valence-corrected chi connectivity index (χ2v) is 7.80. The van der Waals surface area contributed by atoms with E-state index in [9.17, 15) is 0 Å². The SMILES string of the molecule is CCCCCCCCCCCCCCC[n+]1ccccc1-c1cccc[nH+]1.[Br-].[Br-]. The van der Waals surface area contributed by atoms with Crippen LogP contribution in [0.15, 0.2) is 48.8 Å². The van der Waals surface area contributed by atoms with Crippen LogP contribution < -0.4 is 43.5 Å². The van der Waals surface area contributed by atoms with Crippen LogP contribution in [0.1, 0.15) is 90.4 Å². The number of aromatic nitrogens is 2. The summed E-state index contributed by atoms with van der Waals surface area (Å²) in [5, 5.41) is 0. The van der Waals surface area contributed by atoms with E-state index in [0.29, 0.717) is 0 Å².